The van der Waals surface area contributed by atoms with E-state index in [4.69, 9.17) is 4.28 Å². The van der Waals surface area contributed by atoms with Crippen molar-refractivity contribution in [3.63, 3.8) is 0 Å². The van der Waals surface area contributed by atoms with Crippen molar-refractivity contribution in [3.8, 4) is 6.07 Å². The maximum atomic E-state index is 12.5. The number of nitrogens with zero attached hydrogens (tertiary/aromatic N) is 2. The van der Waals surface area contributed by atoms with Crippen LogP contribution in [0.2, 0.25) is 0 Å². The average molecular weight is 613 g/mol. The molecule has 0 saturated heterocycles. The summed E-state index contributed by atoms with van der Waals surface area (Å²) < 4.78 is 29.9. The lowest BCUT2D eigenvalue weighted by atomic mass is 9.75. The lowest BCUT2D eigenvalue weighted by Gasteiger charge is -2.30. The largest absolute Gasteiger partial charge is 0.328 e. The highest BCUT2D eigenvalue weighted by atomic mass is 32.2. The molecule has 42 heavy (non-hydrogen) atoms. The van der Waals surface area contributed by atoms with E-state index >= 15 is 0 Å². The van der Waals surface area contributed by atoms with Crippen LogP contribution in [0.1, 0.15) is 134 Å². The molecule has 0 spiro atoms. The van der Waals surface area contributed by atoms with Crippen LogP contribution in [0.25, 0.3) is 5.57 Å². The van der Waals surface area contributed by atoms with E-state index in [1.165, 1.54) is 102 Å². The molecule has 0 amide bonds. The standard InChI is InChI=1S/C35H52N2O3S2/c1-3-4-20-30(31-22-14-12-15-23-31)21-13-10-8-6-5-7-9-11-18-27-42(38,39)40-37-35-33(25-26-41-35)34(28-36)32-24-17-16-19-29(32)2/h16-17,19,24-26,30-31H,3-15,18,20-23,27H2,1-2H3/b34-33+,37-35-. The number of hydrogen-bond donors (Lipinski definition) is 0. The van der Waals surface area contributed by atoms with Crippen LogP contribution < -0.4 is 0 Å². The van der Waals surface area contributed by atoms with Crippen molar-refractivity contribution in [1.82, 2.24) is 0 Å². The van der Waals surface area contributed by atoms with Gasteiger partial charge in [-0.3, -0.25) is 4.28 Å². The molecule has 1 aromatic carbocycles. The Morgan fingerprint density at radius 3 is 2.29 bits per heavy atom. The Balaban J connectivity index is 1.28. The molecule has 1 aromatic rings. The maximum Gasteiger partial charge on any atom is 0.328 e. The highest BCUT2D eigenvalue weighted by Crippen LogP contribution is 2.36. The van der Waals surface area contributed by atoms with Crippen LogP contribution in [0.4, 0.5) is 0 Å². The minimum atomic E-state index is -3.76. The Hall–Kier alpha value is -2.04. The van der Waals surface area contributed by atoms with Crippen molar-refractivity contribution < 1.29 is 12.7 Å². The molecular formula is C35H52N2O3S2. The molecule has 232 valence electrons. The monoisotopic (exact) mass is 612 g/mol. The van der Waals surface area contributed by atoms with E-state index < -0.39 is 10.1 Å². The van der Waals surface area contributed by atoms with Crippen LogP contribution in [0.15, 0.2) is 46.5 Å². The maximum absolute atomic E-state index is 12.5. The Labute approximate surface area is 260 Å². The summed E-state index contributed by atoms with van der Waals surface area (Å²) in [6, 6.07) is 9.89. The van der Waals surface area contributed by atoms with Gasteiger partial charge in [-0.05, 0) is 47.8 Å². The second-order valence-electron chi connectivity index (χ2n) is 12.1. The van der Waals surface area contributed by atoms with Crippen molar-refractivity contribution in [2.24, 2.45) is 17.0 Å². The molecular weight excluding hydrogens is 561 g/mol. The topological polar surface area (TPSA) is 79.5 Å². The predicted molar refractivity (Wildman–Crippen MR) is 179 cm³/mol. The molecule has 5 nitrogen and oxygen atoms in total. The molecule has 0 bridgehead atoms. The smallest absolute Gasteiger partial charge is 0.267 e. The second kappa shape index (κ2) is 19.3. The van der Waals surface area contributed by atoms with Gasteiger partial charge in [0.05, 0.1) is 11.3 Å². The van der Waals surface area contributed by atoms with E-state index in [2.05, 4.69) is 18.1 Å². The summed E-state index contributed by atoms with van der Waals surface area (Å²) >= 11 is 1.26. The van der Waals surface area contributed by atoms with E-state index in [0.29, 0.717) is 22.6 Å². The molecule has 1 atom stereocenters. The molecule has 1 fully saturated rings. The first-order chi connectivity index (χ1) is 20.4. The summed E-state index contributed by atoms with van der Waals surface area (Å²) in [5.74, 6) is 1.93. The zero-order chi connectivity index (χ0) is 30.0. The van der Waals surface area contributed by atoms with Crippen molar-refractivity contribution in [3.05, 3.63) is 52.4 Å². The van der Waals surface area contributed by atoms with Crippen LogP contribution >= 0.6 is 11.8 Å². The van der Waals surface area contributed by atoms with Gasteiger partial charge < -0.3 is 0 Å². The third-order valence-electron chi connectivity index (χ3n) is 8.89. The van der Waals surface area contributed by atoms with Crippen molar-refractivity contribution in [2.75, 3.05) is 5.75 Å². The second-order valence-corrected chi connectivity index (χ2v) is 14.7. The van der Waals surface area contributed by atoms with Gasteiger partial charge in [0.15, 0.2) is 0 Å². The number of thioether (sulfide) groups is 1. The van der Waals surface area contributed by atoms with Crippen LogP contribution in [0, 0.1) is 30.1 Å². The Morgan fingerprint density at radius 1 is 0.976 bits per heavy atom. The van der Waals surface area contributed by atoms with E-state index in [0.717, 1.165) is 42.2 Å². The Morgan fingerprint density at radius 2 is 1.62 bits per heavy atom. The van der Waals surface area contributed by atoms with Crippen molar-refractivity contribution in [1.29, 1.82) is 5.26 Å². The Kier molecular flexibility index (Phi) is 15.8. The summed E-state index contributed by atoms with van der Waals surface area (Å²) in [7, 11) is -3.76. The van der Waals surface area contributed by atoms with Gasteiger partial charge in [-0.1, -0.05) is 157 Å². The third-order valence-corrected chi connectivity index (χ3v) is 10.8. The quantitative estimate of drug-likeness (QED) is 0.0882. The van der Waals surface area contributed by atoms with Crippen molar-refractivity contribution in [2.45, 2.75) is 129 Å². The summed E-state index contributed by atoms with van der Waals surface area (Å²) in [4.78, 5) is 0. The molecule has 1 heterocycles. The number of rotatable bonds is 19. The predicted octanol–water partition coefficient (Wildman–Crippen LogP) is 10.5. The highest BCUT2D eigenvalue weighted by Gasteiger charge is 2.23. The van der Waals surface area contributed by atoms with Gasteiger partial charge >= 0.3 is 10.1 Å². The molecule has 1 unspecified atom stereocenters. The van der Waals surface area contributed by atoms with Gasteiger partial charge in [0.1, 0.15) is 11.1 Å². The zero-order valence-corrected chi connectivity index (χ0v) is 27.6. The van der Waals surface area contributed by atoms with Crippen LogP contribution in [-0.4, -0.2) is 19.2 Å². The highest BCUT2D eigenvalue weighted by molar-refractivity contribution is 8.17. The summed E-state index contributed by atoms with van der Waals surface area (Å²) in [6.07, 6.45) is 25.0. The number of hydrogen-bond acceptors (Lipinski definition) is 6. The minimum absolute atomic E-state index is 0.0377. The third kappa shape index (κ3) is 11.9. The number of nitriles is 1. The summed E-state index contributed by atoms with van der Waals surface area (Å²) in [5.41, 5.74) is 2.83. The van der Waals surface area contributed by atoms with Gasteiger partial charge in [0.2, 0.25) is 0 Å². The average Bonchev–Trinajstić information content (AvgIpc) is 3.46. The summed E-state index contributed by atoms with van der Waals surface area (Å²) in [5, 5.41) is 15.9. The molecule has 1 aliphatic heterocycles. The zero-order valence-electron chi connectivity index (χ0n) is 26.0. The normalized spacial score (nSPS) is 18.7. The SMILES string of the molecule is CCCCC(CCCCCCCCCCCS(=O)(=O)O/N=C1\SC=C\C1=C(\C#N)c1ccccc1C)C1CCCCC1. The lowest BCUT2D eigenvalue weighted by molar-refractivity contribution is 0.216. The number of oxime groups is 1. The van der Waals surface area contributed by atoms with Gasteiger partial charge in [-0.15, -0.1) is 0 Å². The minimum Gasteiger partial charge on any atom is -0.267 e. The van der Waals surface area contributed by atoms with Gasteiger partial charge in [-0.2, -0.15) is 13.7 Å². The Bertz CT molecular complexity index is 1190. The molecule has 3 rings (SSSR count). The van der Waals surface area contributed by atoms with Gasteiger partial charge in [0.25, 0.3) is 0 Å². The molecule has 0 aromatic heterocycles. The van der Waals surface area contributed by atoms with Gasteiger partial charge in [-0.25, -0.2) is 0 Å². The summed E-state index contributed by atoms with van der Waals surface area (Å²) in [6.45, 7) is 4.26. The van der Waals surface area contributed by atoms with E-state index in [-0.39, 0.29) is 5.75 Å². The molecule has 7 heteroatoms. The van der Waals surface area contributed by atoms with E-state index in [1.807, 2.05) is 31.2 Å². The molecule has 0 N–H and O–H groups in total. The fourth-order valence-corrected chi connectivity index (χ4v) is 8.00. The van der Waals surface area contributed by atoms with Crippen LogP contribution in [0.3, 0.4) is 0 Å². The fourth-order valence-electron chi connectivity index (χ4n) is 6.42. The lowest BCUT2D eigenvalue weighted by Crippen LogP contribution is -2.18. The van der Waals surface area contributed by atoms with E-state index in [1.54, 1.807) is 11.5 Å². The van der Waals surface area contributed by atoms with E-state index in [9.17, 15) is 13.7 Å². The number of allylic oxidation sites excluding steroid dienone is 2. The first kappa shape index (κ1) is 34.5. The first-order valence-electron chi connectivity index (χ1n) is 16.5. The number of aryl methyl sites for hydroxylation is 1. The van der Waals surface area contributed by atoms with Gasteiger partial charge in [0, 0.05) is 5.57 Å². The van der Waals surface area contributed by atoms with Crippen LogP contribution in [-0.2, 0) is 14.4 Å². The first-order valence-corrected chi connectivity index (χ1v) is 18.9. The number of unbranched alkanes of at least 4 members (excludes halogenated alkanes) is 9. The number of benzene rings is 1. The van der Waals surface area contributed by atoms with Crippen molar-refractivity contribution >= 4 is 32.5 Å². The molecule has 0 radical (unpaired) electrons. The van der Waals surface area contributed by atoms with Crippen LogP contribution in [0.5, 0.6) is 0 Å². The fraction of sp³-hybridized carbons (Fsp3) is 0.657. The molecule has 2 aliphatic rings. The molecule has 1 aliphatic carbocycles. The molecule has 1 saturated carbocycles.